The molecule has 5 heteroatoms. The highest BCUT2D eigenvalue weighted by molar-refractivity contribution is 7.89. The molecule has 2 aliphatic rings. The maximum atomic E-state index is 12.4. The first-order chi connectivity index (χ1) is 9.36. The molecule has 1 atom stereocenters. The average Bonchev–Trinajstić information content (AvgIpc) is 2.94. The number of rotatable bonds is 3. The molecule has 1 fully saturated rings. The Morgan fingerprint density at radius 2 is 2.15 bits per heavy atom. The van der Waals surface area contributed by atoms with Gasteiger partial charge in [0.2, 0.25) is 10.0 Å². The summed E-state index contributed by atoms with van der Waals surface area (Å²) >= 11 is 0. The van der Waals surface area contributed by atoms with Crippen molar-refractivity contribution in [3.8, 4) is 5.75 Å². The van der Waals surface area contributed by atoms with E-state index in [1.54, 1.807) is 18.2 Å². The Labute approximate surface area is 120 Å². The van der Waals surface area contributed by atoms with Crippen LogP contribution in [0, 0.1) is 5.41 Å². The summed E-state index contributed by atoms with van der Waals surface area (Å²) < 4.78 is 33.2. The van der Waals surface area contributed by atoms with Crippen molar-refractivity contribution in [1.82, 2.24) is 4.72 Å². The van der Waals surface area contributed by atoms with Crippen LogP contribution in [0.15, 0.2) is 23.1 Å². The highest BCUT2D eigenvalue weighted by Gasteiger charge is 2.33. The molecule has 4 nitrogen and oxygen atoms in total. The van der Waals surface area contributed by atoms with Gasteiger partial charge in [0.15, 0.2) is 0 Å². The molecule has 1 aliphatic heterocycles. The van der Waals surface area contributed by atoms with Crippen molar-refractivity contribution in [2.24, 2.45) is 5.41 Å². The van der Waals surface area contributed by atoms with Crippen LogP contribution in [0.25, 0.3) is 0 Å². The minimum atomic E-state index is -3.42. The number of fused-ring (bicyclic) bond motifs is 1. The fourth-order valence-electron chi connectivity index (χ4n) is 3.15. The van der Waals surface area contributed by atoms with E-state index in [1.807, 2.05) is 0 Å². The fourth-order valence-corrected chi connectivity index (χ4v) is 4.47. The number of nitrogens with one attached hydrogen (secondary N) is 1. The Morgan fingerprint density at radius 1 is 1.35 bits per heavy atom. The molecule has 0 aromatic heterocycles. The molecule has 1 unspecified atom stereocenters. The highest BCUT2D eigenvalue weighted by atomic mass is 32.2. The van der Waals surface area contributed by atoms with E-state index >= 15 is 0 Å². The van der Waals surface area contributed by atoms with Crippen molar-refractivity contribution < 1.29 is 13.2 Å². The summed E-state index contributed by atoms with van der Waals surface area (Å²) in [5.74, 6) is 0.811. The number of benzene rings is 1. The fraction of sp³-hybridized carbons (Fsp3) is 0.600. The van der Waals surface area contributed by atoms with Crippen LogP contribution in [0.5, 0.6) is 5.75 Å². The van der Waals surface area contributed by atoms with E-state index in [-0.39, 0.29) is 11.5 Å². The van der Waals surface area contributed by atoms with Crippen molar-refractivity contribution >= 4 is 10.0 Å². The number of hydrogen-bond donors (Lipinski definition) is 1. The molecular formula is C15H21NO3S. The Bertz CT molecular complexity index is 622. The second kappa shape index (κ2) is 4.74. The third kappa shape index (κ3) is 2.69. The molecular weight excluding hydrogens is 274 g/mol. The van der Waals surface area contributed by atoms with E-state index in [2.05, 4.69) is 18.6 Å². The van der Waals surface area contributed by atoms with Crippen LogP contribution < -0.4 is 9.46 Å². The van der Waals surface area contributed by atoms with Gasteiger partial charge in [-0.1, -0.05) is 13.8 Å². The van der Waals surface area contributed by atoms with Gasteiger partial charge in [0.1, 0.15) is 5.75 Å². The van der Waals surface area contributed by atoms with Gasteiger partial charge in [-0.25, -0.2) is 13.1 Å². The number of sulfonamides is 1. The second-order valence-electron chi connectivity index (χ2n) is 6.59. The average molecular weight is 295 g/mol. The molecule has 1 heterocycles. The predicted molar refractivity (Wildman–Crippen MR) is 77.4 cm³/mol. The minimum absolute atomic E-state index is 0.0551. The molecule has 0 amide bonds. The Kier molecular flexibility index (Phi) is 3.29. The normalized spacial score (nSPS) is 24.4. The molecule has 0 saturated heterocycles. The SMILES string of the molecule is CC1(C)CCC(NS(=O)(=O)c2ccc3c(c2)CCO3)C1. The second-order valence-corrected chi connectivity index (χ2v) is 8.31. The molecule has 0 bridgehead atoms. The largest absolute Gasteiger partial charge is 0.493 e. The first-order valence-corrected chi connectivity index (χ1v) is 8.62. The summed E-state index contributed by atoms with van der Waals surface area (Å²) in [6.07, 6.45) is 3.67. The summed E-state index contributed by atoms with van der Waals surface area (Å²) in [4.78, 5) is 0.353. The van der Waals surface area contributed by atoms with Crippen molar-refractivity contribution in [2.45, 2.75) is 50.5 Å². The maximum Gasteiger partial charge on any atom is 0.240 e. The number of ether oxygens (including phenoxy) is 1. The van der Waals surface area contributed by atoms with Crippen molar-refractivity contribution in [1.29, 1.82) is 0 Å². The van der Waals surface area contributed by atoms with Gasteiger partial charge in [0.25, 0.3) is 0 Å². The summed E-state index contributed by atoms with van der Waals surface area (Å²) in [6.45, 7) is 5.02. The summed E-state index contributed by atoms with van der Waals surface area (Å²) in [5, 5.41) is 0. The van der Waals surface area contributed by atoms with Crippen LogP contribution in [0.2, 0.25) is 0 Å². The first kappa shape index (κ1) is 13.9. The van der Waals surface area contributed by atoms with Crippen LogP contribution in [0.3, 0.4) is 0 Å². The third-order valence-corrected chi connectivity index (χ3v) is 5.78. The third-order valence-electron chi connectivity index (χ3n) is 4.26. The summed E-state index contributed by atoms with van der Waals surface area (Å²) in [6, 6.07) is 5.19. The molecule has 0 radical (unpaired) electrons. The predicted octanol–water partition coefficient (Wildman–Crippen LogP) is 2.48. The van der Waals surface area contributed by atoms with Crippen LogP contribution >= 0.6 is 0 Å². The lowest BCUT2D eigenvalue weighted by molar-refractivity contribution is 0.356. The maximum absolute atomic E-state index is 12.4. The van der Waals surface area contributed by atoms with Gasteiger partial charge in [0, 0.05) is 12.5 Å². The number of hydrogen-bond acceptors (Lipinski definition) is 3. The molecule has 1 saturated carbocycles. The van der Waals surface area contributed by atoms with Crippen molar-refractivity contribution in [3.05, 3.63) is 23.8 Å². The monoisotopic (exact) mass is 295 g/mol. The lowest BCUT2D eigenvalue weighted by Crippen LogP contribution is -2.33. The molecule has 1 aliphatic carbocycles. The Balaban J connectivity index is 1.79. The smallest absolute Gasteiger partial charge is 0.240 e. The summed E-state index contributed by atoms with van der Waals surface area (Å²) in [7, 11) is -3.42. The van der Waals surface area contributed by atoms with Gasteiger partial charge < -0.3 is 4.74 Å². The molecule has 110 valence electrons. The molecule has 20 heavy (non-hydrogen) atoms. The van der Waals surface area contributed by atoms with Crippen molar-refractivity contribution in [2.75, 3.05) is 6.61 Å². The van der Waals surface area contributed by atoms with E-state index in [1.165, 1.54) is 0 Å². The lowest BCUT2D eigenvalue weighted by Gasteiger charge is -2.18. The zero-order chi connectivity index (χ0) is 14.4. The highest BCUT2D eigenvalue weighted by Crippen LogP contribution is 2.37. The van der Waals surface area contributed by atoms with Gasteiger partial charge in [-0.2, -0.15) is 0 Å². The molecule has 0 spiro atoms. The van der Waals surface area contributed by atoms with E-state index in [0.29, 0.717) is 11.5 Å². The molecule has 3 rings (SSSR count). The topological polar surface area (TPSA) is 55.4 Å². The van der Waals surface area contributed by atoms with E-state index in [9.17, 15) is 8.42 Å². The van der Waals surface area contributed by atoms with Crippen molar-refractivity contribution in [3.63, 3.8) is 0 Å². The quantitative estimate of drug-likeness (QED) is 0.932. The zero-order valence-corrected chi connectivity index (χ0v) is 12.8. The first-order valence-electron chi connectivity index (χ1n) is 7.14. The standard InChI is InChI=1S/C15H21NO3S/c1-15(2)7-5-12(10-15)16-20(17,18)13-3-4-14-11(9-13)6-8-19-14/h3-4,9,12,16H,5-8,10H2,1-2H3. The van der Waals surface area contributed by atoms with Crippen LogP contribution in [0.1, 0.15) is 38.7 Å². The van der Waals surface area contributed by atoms with E-state index in [4.69, 9.17) is 4.74 Å². The van der Waals surface area contributed by atoms with E-state index in [0.717, 1.165) is 37.0 Å². The Hall–Kier alpha value is -1.07. The summed E-state index contributed by atoms with van der Waals surface area (Å²) in [5.41, 5.74) is 1.22. The van der Waals surface area contributed by atoms with Gasteiger partial charge in [0.05, 0.1) is 11.5 Å². The van der Waals surface area contributed by atoms with Crippen LogP contribution in [-0.4, -0.2) is 21.1 Å². The van der Waals surface area contributed by atoms with E-state index < -0.39 is 10.0 Å². The Morgan fingerprint density at radius 3 is 2.85 bits per heavy atom. The van der Waals surface area contributed by atoms with Crippen LogP contribution in [-0.2, 0) is 16.4 Å². The lowest BCUT2D eigenvalue weighted by atomic mass is 9.92. The minimum Gasteiger partial charge on any atom is -0.493 e. The molecule has 1 aromatic rings. The van der Waals surface area contributed by atoms with Gasteiger partial charge in [-0.05, 0) is 48.4 Å². The molecule has 1 aromatic carbocycles. The molecule has 1 N–H and O–H groups in total. The van der Waals surface area contributed by atoms with Gasteiger partial charge in [-0.15, -0.1) is 0 Å². The van der Waals surface area contributed by atoms with Crippen LogP contribution in [0.4, 0.5) is 0 Å². The van der Waals surface area contributed by atoms with Gasteiger partial charge >= 0.3 is 0 Å². The zero-order valence-electron chi connectivity index (χ0n) is 12.0. The van der Waals surface area contributed by atoms with Gasteiger partial charge in [-0.3, -0.25) is 0 Å².